The van der Waals surface area contributed by atoms with E-state index in [2.05, 4.69) is 0 Å². The van der Waals surface area contributed by atoms with Gasteiger partial charge < -0.3 is 14.9 Å². The van der Waals surface area contributed by atoms with Crippen LogP contribution in [0.5, 0.6) is 0 Å². The van der Waals surface area contributed by atoms with Crippen molar-refractivity contribution in [3.05, 3.63) is 0 Å². The van der Waals surface area contributed by atoms with Crippen LogP contribution < -0.4 is 0 Å². The molecule has 0 aliphatic carbocycles. The van der Waals surface area contributed by atoms with Crippen molar-refractivity contribution in [1.29, 1.82) is 0 Å². The minimum absolute atomic E-state index is 0.250. The number of aliphatic hydroxyl groups is 2. The summed E-state index contributed by atoms with van der Waals surface area (Å²) in [6.07, 6.45) is 0.703. The molecule has 0 bridgehead atoms. The molecule has 0 saturated carbocycles. The summed E-state index contributed by atoms with van der Waals surface area (Å²) < 4.78 is 4.99. The van der Waals surface area contributed by atoms with Crippen molar-refractivity contribution in [2.45, 2.75) is 33.3 Å². The second-order valence-corrected chi connectivity index (χ2v) is 2.24. The molecule has 0 rings (SSSR count). The largest absolute Gasteiger partial charge is 0.397 e. The van der Waals surface area contributed by atoms with E-state index < -0.39 is 0 Å². The first-order chi connectivity index (χ1) is 5.18. The zero-order valence-electron chi connectivity index (χ0n) is 7.71. The molecule has 1 atom stereocenters. The first kappa shape index (κ1) is 13.5. The van der Waals surface area contributed by atoms with Gasteiger partial charge in [0.15, 0.2) is 0 Å². The topological polar surface area (TPSA) is 49.7 Å². The van der Waals surface area contributed by atoms with Gasteiger partial charge in [-0.25, -0.2) is 0 Å². The highest BCUT2D eigenvalue weighted by atomic mass is 16.5. The maximum absolute atomic E-state index is 8.65. The summed E-state index contributed by atoms with van der Waals surface area (Å²) in [6.45, 7) is 6.91. The summed E-state index contributed by atoms with van der Waals surface area (Å²) in [7, 11) is 0. The second-order valence-electron chi connectivity index (χ2n) is 2.24. The molecular formula is C8H20O3. The van der Waals surface area contributed by atoms with Crippen LogP contribution in [-0.4, -0.2) is 36.1 Å². The predicted octanol–water partition coefficient (Wildman–Crippen LogP) is 0.792. The zero-order valence-corrected chi connectivity index (χ0v) is 7.71. The summed E-state index contributed by atoms with van der Waals surface area (Å²) in [5.74, 6) is 0. The van der Waals surface area contributed by atoms with E-state index in [9.17, 15) is 0 Å². The first-order valence-electron chi connectivity index (χ1n) is 4.05. The molecule has 0 radical (unpaired) electrons. The van der Waals surface area contributed by atoms with Gasteiger partial charge >= 0.3 is 0 Å². The molecule has 0 heterocycles. The van der Waals surface area contributed by atoms with Crippen molar-refractivity contribution in [2.24, 2.45) is 0 Å². The molecule has 2 N–H and O–H groups in total. The molecule has 3 heteroatoms. The van der Waals surface area contributed by atoms with Gasteiger partial charge in [0, 0.05) is 13.2 Å². The maximum Gasteiger partial charge on any atom is 0.0745 e. The Labute approximate surface area is 69.0 Å². The average molecular weight is 164 g/mol. The zero-order chi connectivity index (χ0) is 9.11. The van der Waals surface area contributed by atoms with Crippen LogP contribution in [0.1, 0.15) is 27.2 Å². The van der Waals surface area contributed by atoms with Crippen molar-refractivity contribution in [3.8, 4) is 0 Å². The van der Waals surface area contributed by atoms with E-state index in [-0.39, 0.29) is 12.7 Å². The summed E-state index contributed by atoms with van der Waals surface area (Å²) in [4.78, 5) is 0. The van der Waals surface area contributed by atoms with Crippen LogP contribution in [0.15, 0.2) is 0 Å². The van der Waals surface area contributed by atoms with E-state index in [4.69, 9.17) is 14.9 Å². The lowest BCUT2D eigenvalue weighted by Gasteiger charge is -2.02. The number of hydrogen-bond donors (Lipinski definition) is 2. The summed E-state index contributed by atoms with van der Waals surface area (Å²) in [5.41, 5.74) is 0. The molecule has 0 fully saturated rings. The average Bonchev–Trinajstić information content (AvgIpc) is 1.89. The van der Waals surface area contributed by atoms with E-state index in [1.54, 1.807) is 13.8 Å². The Morgan fingerprint density at radius 3 is 2.09 bits per heavy atom. The minimum Gasteiger partial charge on any atom is -0.397 e. The molecule has 70 valence electrons. The molecule has 1 unspecified atom stereocenters. The van der Waals surface area contributed by atoms with Crippen LogP contribution >= 0.6 is 0 Å². The maximum atomic E-state index is 8.65. The number of ether oxygens (including phenoxy) is 1. The Kier molecular flexibility index (Phi) is 15.4. The van der Waals surface area contributed by atoms with Crippen molar-refractivity contribution in [3.63, 3.8) is 0 Å². The van der Waals surface area contributed by atoms with E-state index in [0.717, 1.165) is 13.0 Å². The van der Waals surface area contributed by atoms with Crippen LogP contribution in [0.3, 0.4) is 0 Å². The molecule has 0 aliphatic rings. The molecule has 0 aromatic carbocycles. The van der Waals surface area contributed by atoms with Gasteiger partial charge in [0.2, 0.25) is 0 Å². The number of rotatable bonds is 4. The Bertz CT molecular complexity index is 55.3. The minimum atomic E-state index is -0.318. The number of aliphatic hydroxyl groups excluding tert-OH is 2. The fourth-order valence-electron chi connectivity index (χ4n) is 0.398. The van der Waals surface area contributed by atoms with Gasteiger partial charge in [-0.1, -0.05) is 6.92 Å². The summed E-state index contributed by atoms with van der Waals surface area (Å²) >= 11 is 0. The molecule has 11 heavy (non-hydrogen) atoms. The Morgan fingerprint density at radius 1 is 1.36 bits per heavy atom. The molecule has 0 spiro atoms. The predicted molar refractivity (Wildman–Crippen MR) is 45.6 cm³/mol. The monoisotopic (exact) mass is 164 g/mol. The fraction of sp³-hybridized carbons (Fsp3) is 1.00. The summed E-state index contributed by atoms with van der Waals surface area (Å²) in [5, 5.41) is 16.2. The van der Waals surface area contributed by atoms with E-state index in [1.807, 2.05) is 6.92 Å². The normalized spacial score (nSPS) is 11.7. The molecule has 0 aromatic rings. The highest BCUT2D eigenvalue weighted by Crippen LogP contribution is 1.83. The highest BCUT2D eigenvalue weighted by Gasteiger charge is 1.91. The van der Waals surface area contributed by atoms with E-state index in [0.29, 0.717) is 6.61 Å². The van der Waals surface area contributed by atoms with Crippen molar-refractivity contribution >= 4 is 0 Å². The van der Waals surface area contributed by atoms with Crippen LogP contribution in [0.25, 0.3) is 0 Å². The van der Waals surface area contributed by atoms with Gasteiger partial charge in [0.05, 0.1) is 12.7 Å². The molecule has 0 aromatic heterocycles. The molecule has 0 aliphatic heterocycles. The van der Waals surface area contributed by atoms with Gasteiger partial charge in [-0.3, -0.25) is 0 Å². The van der Waals surface area contributed by atoms with Crippen LogP contribution in [0.2, 0.25) is 0 Å². The van der Waals surface area contributed by atoms with Gasteiger partial charge in [-0.15, -0.1) is 0 Å². The third-order valence-electron chi connectivity index (χ3n) is 0.708. The van der Waals surface area contributed by atoms with Crippen LogP contribution in [0.4, 0.5) is 0 Å². The van der Waals surface area contributed by atoms with Crippen LogP contribution in [0, 0.1) is 0 Å². The third-order valence-corrected chi connectivity index (χ3v) is 0.708. The molecule has 3 nitrogen and oxygen atoms in total. The quantitative estimate of drug-likeness (QED) is 0.604. The van der Waals surface area contributed by atoms with Gasteiger partial charge in [0.1, 0.15) is 0 Å². The Balaban J connectivity index is 0. The van der Waals surface area contributed by atoms with E-state index >= 15 is 0 Å². The fourth-order valence-corrected chi connectivity index (χ4v) is 0.398. The molecule has 0 amide bonds. The second kappa shape index (κ2) is 12.5. The van der Waals surface area contributed by atoms with Gasteiger partial charge in [0.25, 0.3) is 0 Å². The molecular weight excluding hydrogens is 144 g/mol. The number of hydrogen-bond acceptors (Lipinski definition) is 3. The Morgan fingerprint density at radius 2 is 1.82 bits per heavy atom. The lowest BCUT2D eigenvalue weighted by atomic mass is 10.4. The molecule has 0 saturated heterocycles. The standard InChI is InChI=1S/C6H14O2.C2H6O/c1-3-4-8-5-6(2)7;1-2-3/h6-7H,3-5H2,1-2H3;3H,2H2,1H3. The van der Waals surface area contributed by atoms with Gasteiger partial charge in [-0.2, -0.15) is 0 Å². The lowest BCUT2D eigenvalue weighted by Crippen LogP contribution is -2.10. The van der Waals surface area contributed by atoms with E-state index in [1.165, 1.54) is 0 Å². The SMILES string of the molecule is CCCOCC(C)O.CCO. The highest BCUT2D eigenvalue weighted by molar-refractivity contribution is 4.39. The Hall–Kier alpha value is -0.120. The van der Waals surface area contributed by atoms with Crippen molar-refractivity contribution < 1.29 is 14.9 Å². The van der Waals surface area contributed by atoms with Crippen molar-refractivity contribution in [1.82, 2.24) is 0 Å². The first-order valence-corrected chi connectivity index (χ1v) is 4.05. The van der Waals surface area contributed by atoms with Crippen molar-refractivity contribution in [2.75, 3.05) is 19.8 Å². The summed E-state index contributed by atoms with van der Waals surface area (Å²) in [6, 6.07) is 0. The van der Waals surface area contributed by atoms with Gasteiger partial charge in [-0.05, 0) is 20.3 Å². The van der Waals surface area contributed by atoms with Crippen LogP contribution in [-0.2, 0) is 4.74 Å². The smallest absolute Gasteiger partial charge is 0.0745 e. The third kappa shape index (κ3) is 25.8. The lowest BCUT2D eigenvalue weighted by molar-refractivity contribution is 0.0466.